The number of esters is 1. The number of carboxylic acid groups (broad SMARTS) is 1. The van der Waals surface area contributed by atoms with Crippen LogP contribution in [0.15, 0.2) is 12.1 Å². The normalized spacial score (nSPS) is 16.6. The van der Waals surface area contributed by atoms with Crippen LogP contribution in [0, 0.1) is 13.8 Å². The largest absolute Gasteiger partial charge is 0.481 e. The van der Waals surface area contributed by atoms with Gasteiger partial charge in [-0.2, -0.15) is 0 Å². The summed E-state index contributed by atoms with van der Waals surface area (Å²) in [5.41, 5.74) is 2.23. The highest BCUT2D eigenvalue weighted by Gasteiger charge is 2.47. The summed E-state index contributed by atoms with van der Waals surface area (Å²) in [7, 11) is 1.33. The van der Waals surface area contributed by atoms with Crippen LogP contribution in [0.3, 0.4) is 0 Å². The van der Waals surface area contributed by atoms with Gasteiger partial charge < -0.3 is 9.84 Å². The Morgan fingerprint density at radius 3 is 2.32 bits per heavy atom. The van der Waals surface area contributed by atoms with E-state index in [2.05, 4.69) is 0 Å². The summed E-state index contributed by atoms with van der Waals surface area (Å²) in [6.07, 6.45) is 2.17. The average Bonchev–Trinajstić information content (AvgIpc) is 2.31. The first kappa shape index (κ1) is 13.6. The molecule has 0 aromatic heterocycles. The minimum atomic E-state index is -0.821. The first-order valence-corrected chi connectivity index (χ1v) is 6.36. The van der Waals surface area contributed by atoms with Gasteiger partial charge in [0.05, 0.1) is 18.1 Å². The van der Waals surface area contributed by atoms with Crippen LogP contribution < -0.4 is 0 Å². The standard InChI is InChI=1S/C15H18O4/c1-9-7-11(13(16)19-3)8-12(10(9)2)15(14(17)18)5-4-6-15/h7-8H,4-6H2,1-3H3,(H,17,18). The molecule has 0 atom stereocenters. The summed E-state index contributed by atoms with van der Waals surface area (Å²) < 4.78 is 4.72. The Labute approximate surface area is 112 Å². The zero-order valence-corrected chi connectivity index (χ0v) is 11.4. The fraction of sp³-hybridized carbons (Fsp3) is 0.467. The van der Waals surface area contributed by atoms with Gasteiger partial charge in [-0.25, -0.2) is 4.79 Å². The zero-order valence-electron chi connectivity index (χ0n) is 11.4. The quantitative estimate of drug-likeness (QED) is 0.850. The Kier molecular flexibility index (Phi) is 3.35. The smallest absolute Gasteiger partial charge is 0.337 e. The molecule has 0 bridgehead atoms. The van der Waals surface area contributed by atoms with E-state index in [-0.39, 0.29) is 0 Å². The number of carbonyl (C=O) groups is 2. The lowest BCUT2D eigenvalue weighted by molar-refractivity contribution is -0.147. The van der Waals surface area contributed by atoms with E-state index >= 15 is 0 Å². The van der Waals surface area contributed by atoms with Crippen molar-refractivity contribution in [2.45, 2.75) is 38.5 Å². The van der Waals surface area contributed by atoms with Crippen molar-refractivity contribution in [3.8, 4) is 0 Å². The van der Waals surface area contributed by atoms with Gasteiger partial charge in [0.2, 0.25) is 0 Å². The van der Waals surface area contributed by atoms with Crippen molar-refractivity contribution in [1.82, 2.24) is 0 Å². The second kappa shape index (κ2) is 4.68. The second-order valence-electron chi connectivity index (χ2n) is 5.20. The number of rotatable bonds is 3. The van der Waals surface area contributed by atoms with Crippen molar-refractivity contribution in [1.29, 1.82) is 0 Å². The van der Waals surface area contributed by atoms with Gasteiger partial charge in [0, 0.05) is 0 Å². The Morgan fingerprint density at radius 2 is 1.89 bits per heavy atom. The van der Waals surface area contributed by atoms with Crippen molar-refractivity contribution >= 4 is 11.9 Å². The molecule has 4 nitrogen and oxygen atoms in total. The van der Waals surface area contributed by atoms with E-state index in [0.29, 0.717) is 18.4 Å². The van der Waals surface area contributed by atoms with Crippen molar-refractivity contribution in [3.05, 3.63) is 34.4 Å². The number of aliphatic carboxylic acids is 1. The molecule has 1 N–H and O–H groups in total. The van der Waals surface area contributed by atoms with Gasteiger partial charge in [0.25, 0.3) is 0 Å². The summed E-state index contributed by atoms with van der Waals surface area (Å²) in [6, 6.07) is 3.43. The minimum absolute atomic E-state index is 0.424. The van der Waals surface area contributed by atoms with E-state index in [1.165, 1.54) is 7.11 Å². The van der Waals surface area contributed by atoms with Gasteiger partial charge in [0.1, 0.15) is 0 Å². The third-order valence-corrected chi connectivity index (χ3v) is 4.22. The zero-order chi connectivity index (χ0) is 14.2. The van der Waals surface area contributed by atoms with E-state index in [1.54, 1.807) is 12.1 Å². The van der Waals surface area contributed by atoms with Crippen LogP contribution >= 0.6 is 0 Å². The lowest BCUT2D eigenvalue weighted by Gasteiger charge is -2.39. The van der Waals surface area contributed by atoms with Crippen LogP contribution in [0.1, 0.15) is 46.3 Å². The molecule has 0 spiro atoms. The van der Waals surface area contributed by atoms with E-state index in [0.717, 1.165) is 23.1 Å². The molecule has 1 aliphatic rings. The van der Waals surface area contributed by atoms with Crippen LogP contribution in [0.25, 0.3) is 0 Å². The lowest BCUT2D eigenvalue weighted by atomic mass is 9.63. The SMILES string of the molecule is COC(=O)c1cc(C)c(C)c(C2(C(=O)O)CCC2)c1. The molecule has 0 aliphatic heterocycles. The molecule has 0 heterocycles. The van der Waals surface area contributed by atoms with Gasteiger partial charge in [-0.15, -0.1) is 0 Å². The molecule has 1 aromatic rings. The second-order valence-corrected chi connectivity index (χ2v) is 5.20. The molecule has 0 amide bonds. The molecular weight excluding hydrogens is 244 g/mol. The number of carboxylic acids is 1. The summed E-state index contributed by atoms with van der Waals surface area (Å²) in [6.45, 7) is 3.80. The van der Waals surface area contributed by atoms with Crippen molar-refractivity contribution in [2.24, 2.45) is 0 Å². The molecule has 1 fully saturated rings. The third-order valence-electron chi connectivity index (χ3n) is 4.22. The molecule has 4 heteroatoms. The molecule has 0 unspecified atom stereocenters. The van der Waals surface area contributed by atoms with Gasteiger partial charge in [-0.3, -0.25) is 4.79 Å². The Bertz CT molecular complexity index is 541. The molecule has 102 valence electrons. The topological polar surface area (TPSA) is 63.6 Å². The van der Waals surface area contributed by atoms with Crippen LogP contribution in [0.5, 0.6) is 0 Å². The summed E-state index contributed by atoms with van der Waals surface area (Å²) in [5, 5.41) is 9.52. The van der Waals surface area contributed by atoms with Crippen LogP contribution in [0.2, 0.25) is 0 Å². The number of carbonyl (C=O) groups excluding carboxylic acids is 1. The summed E-state index contributed by atoms with van der Waals surface area (Å²) in [4.78, 5) is 23.3. The van der Waals surface area contributed by atoms with Crippen LogP contribution in [-0.2, 0) is 14.9 Å². The Balaban J connectivity index is 2.59. The predicted octanol–water partition coefficient (Wildman–Crippen LogP) is 2.60. The van der Waals surface area contributed by atoms with Gasteiger partial charge in [-0.1, -0.05) is 6.42 Å². The number of aryl methyl sites for hydroxylation is 1. The maximum atomic E-state index is 11.7. The van der Waals surface area contributed by atoms with Crippen molar-refractivity contribution < 1.29 is 19.4 Å². The Hall–Kier alpha value is -1.84. The van der Waals surface area contributed by atoms with E-state index in [9.17, 15) is 14.7 Å². The fourth-order valence-corrected chi connectivity index (χ4v) is 2.72. The average molecular weight is 262 g/mol. The van der Waals surface area contributed by atoms with Crippen molar-refractivity contribution in [2.75, 3.05) is 7.11 Å². The lowest BCUT2D eigenvalue weighted by Crippen LogP contribution is -2.43. The van der Waals surface area contributed by atoms with E-state index in [4.69, 9.17) is 4.74 Å². The minimum Gasteiger partial charge on any atom is -0.481 e. The highest BCUT2D eigenvalue weighted by molar-refractivity contribution is 5.91. The fourth-order valence-electron chi connectivity index (χ4n) is 2.72. The molecular formula is C15H18O4. The predicted molar refractivity (Wildman–Crippen MR) is 70.4 cm³/mol. The monoisotopic (exact) mass is 262 g/mol. The highest BCUT2D eigenvalue weighted by atomic mass is 16.5. The molecule has 19 heavy (non-hydrogen) atoms. The summed E-state index contributed by atoms with van der Waals surface area (Å²) >= 11 is 0. The summed E-state index contributed by atoms with van der Waals surface area (Å²) in [5.74, 6) is -1.23. The first-order valence-electron chi connectivity index (χ1n) is 6.36. The van der Waals surface area contributed by atoms with Crippen LogP contribution in [0.4, 0.5) is 0 Å². The van der Waals surface area contributed by atoms with Crippen LogP contribution in [-0.4, -0.2) is 24.2 Å². The first-order chi connectivity index (χ1) is 8.92. The van der Waals surface area contributed by atoms with E-state index in [1.807, 2.05) is 13.8 Å². The third kappa shape index (κ3) is 2.01. The number of benzene rings is 1. The maximum Gasteiger partial charge on any atom is 0.337 e. The van der Waals surface area contributed by atoms with Gasteiger partial charge >= 0.3 is 11.9 Å². The molecule has 2 rings (SSSR count). The number of methoxy groups -OCH3 is 1. The molecule has 0 radical (unpaired) electrons. The van der Waals surface area contributed by atoms with Gasteiger partial charge in [-0.05, 0) is 55.5 Å². The highest BCUT2D eigenvalue weighted by Crippen LogP contribution is 2.46. The number of hydrogen-bond donors (Lipinski definition) is 1. The number of ether oxygens (including phenoxy) is 1. The van der Waals surface area contributed by atoms with Gasteiger partial charge in [0.15, 0.2) is 0 Å². The van der Waals surface area contributed by atoms with E-state index < -0.39 is 17.4 Å². The molecule has 1 saturated carbocycles. The number of hydrogen-bond acceptors (Lipinski definition) is 3. The molecule has 1 aliphatic carbocycles. The Morgan fingerprint density at radius 1 is 1.26 bits per heavy atom. The molecule has 1 aromatic carbocycles. The molecule has 0 saturated heterocycles. The maximum absolute atomic E-state index is 11.7. The van der Waals surface area contributed by atoms with Crippen molar-refractivity contribution in [3.63, 3.8) is 0 Å².